The minimum absolute atomic E-state index is 0.00581. The molecule has 0 aliphatic carbocycles. The molecule has 1 aromatic carbocycles. The van der Waals surface area contributed by atoms with E-state index in [4.69, 9.17) is 9.84 Å². The van der Waals surface area contributed by atoms with Gasteiger partial charge in [0.05, 0.1) is 18.8 Å². The molecule has 0 aromatic heterocycles. The number of rotatable bonds is 5. The van der Waals surface area contributed by atoms with Gasteiger partial charge in [-0.1, -0.05) is 25.7 Å². The Hall–Kier alpha value is -1.53. The molecule has 0 bridgehead atoms. The van der Waals surface area contributed by atoms with E-state index in [-0.39, 0.29) is 12.4 Å². The summed E-state index contributed by atoms with van der Waals surface area (Å²) < 4.78 is 18.7. The Balaban J connectivity index is 2.74. The zero-order chi connectivity index (χ0) is 13.4. The van der Waals surface area contributed by atoms with Crippen LogP contribution >= 0.6 is 0 Å². The largest absolute Gasteiger partial charge is 0.492 e. The quantitative estimate of drug-likeness (QED) is 0.814. The fourth-order valence-electron chi connectivity index (χ4n) is 1.34. The van der Waals surface area contributed by atoms with E-state index in [2.05, 4.69) is 25.7 Å². The number of hydrogen-bond acceptors (Lipinski definition) is 2. The molecule has 0 heterocycles. The standard InChI is InChI=1S/C15H19FO2/c1-12(2)8-10-18-15-7-6-14(16)11-13(15)5-3-4-9-17/h6-7,11-12,17H,4,8-10H2,1-2H3. The second kappa shape index (κ2) is 7.73. The van der Waals surface area contributed by atoms with E-state index in [9.17, 15) is 4.39 Å². The maximum absolute atomic E-state index is 13.1. The minimum Gasteiger partial charge on any atom is -0.492 e. The molecule has 18 heavy (non-hydrogen) atoms. The molecule has 98 valence electrons. The molecular weight excluding hydrogens is 231 g/mol. The van der Waals surface area contributed by atoms with Crippen LogP contribution in [0.25, 0.3) is 0 Å². The average molecular weight is 250 g/mol. The summed E-state index contributed by atoms with van der Waals surface area (Å²) in [6.45, 7) is 4.84. The van der Waals surface area contributed by atoms with E-state index in [0.717, 1.165) is 6.42 Å². The first-order chi connectivity index (χ1) is 8.63. The van der Waals surface area contributed by atoms with Gasteiger partial charge in [-0.2, -0.15) is 0 Å². The molecule has 0 spiro atoms. The zero-order valence-electron chi connectivity index (χ0n) is 10.9. The fraction of sp³-hybridized carbons (Fsp3) is 0.467. The van der Waals surface area contributed by atoms with Crippen molar-refractivity contribution in [3.63, 3.8) is 0 Å². The summed E-state index contributed by atoms with van der Waals surface area (Å²) in [5.41, 5.74) is 0.534. The lowest BCUT2D eigenvalue weighted by Gasteiger charge is -2.09. The van der Waals surface area contributed by atoms with Gasteiger partial charge in [-0.3, -0.25) is 0 Å². The lowest BCUT2D eigenvalue weighted by Crippen LogP contribution is -2.02. The van der Waals surface area contributed by atoms with E-state index in [1.165, 1.54) is 12.1 Å². The van der Waals surface area contributed by atoms with Gasteiger partial charge < -0.3 is 9.84 Å². The molecule has 1 rings (SSSR count). The molecule has 1 N–H and O–H groups in total. The van der Waals surface area contributed by atoms with Gasteiger partial charge >= 0.3 is 0 Å². The van der Waals surface area contributed by atoms with Crippen molar-refractivity contribution in [2.45, 2.75) is 26.7 Å². The Bertz CT molecular complexity index is 430. The molecule has 0 aliphatic heterocycles. The Morgan fingerprint density at radius 1 is 1.39 bits per heavy atom. The van der Waals surface area contributed by atoms with Crippen molar-refractivity contribution >= 4 is 0 Å². The van der Waals surface area contributed by atoms with Gasteiger partial charge in [0.1, 0.15) is 11.6 Å². The lowest BCUT2D eigenvalue weighted by atomic mass is 10.1. The van der Waals surface area contributed by atoms with Crippen LogP contribution < -0.4 is 4.74 Å². The highest BCUT2D eigenvalue weighted by Crippen LogP contribution is 2.19. The van der Waals surface area contributed by atoms with Crippen molar-refractivity contribution in [2.24, 2.45) is 5.92 Å². The van der Waals surface area contributed by atoms with E-state index in [0.29, 0.717) is 30.3 Å². The average Bonchev–Trinajstić information content (AvgIpc) is 2.32. The summed E-state index contributed by atoms with van der Waals surface area (Å²) in [5, 5.41) is 8.66. The molecule has 0 fully saturated rings. The van der Waals surface area contributed by atoms with Gasteiger partial charge in [-0.05, 0) is 30.5 Å². The number of aliphatic hydroxyl groups excluding tert-OH is 1. The number of hydrogen-bond donors (Lipinski definition) is 1. The monoisotopic (exact) mass is 250 g/mol. The second-order valence-corrected chi connectivity index (χ2v) is 4.45. The molecular formula is C15H19FO2. The third-order valence-corrected chi connectivity index (χ3v) is 2.35. The van der Waals surface area contributed by atoms with Crippen LogP contribution in [0.4, 0.5) is 4.39 Å². The van der Waals surface area contributed by atoms with E-state index >= 15 is 0 Å². The smallest absolute Gasteiger partial charge is 0.135 e. The summed E-state index contributed by atoms with van der Waals surface area (Å²) >= 11 is 0. The van der Waals surface area contributed by atoms with E-state index in [1.807, 2.05) is 0 Å². The van der Waals surface area contributed by atoms with Crippen molar-refractivity contribution in [3.05, 3.63) is 29.6 Å². The molecule has 2 nitrogen and oxygen atoms in total. The summed E-state index contributed by atoms with van der Waals surface area (Å²) in [4.78, 5) is 0. The van der Waals surface area contributed by atoms with Gasteiger partial charge in [-0.25, -0.2) is 4.39 Å². The Kier molecular flexibility index (Phi) is 6.24. The predicted molar refractivity (Wildman–Crippen MR) is 69.9 cm³/mol. The first-order valence-electron chi connectivity index (χ1n) is 6.15. The van der Waals surface area contributed by atoms with Crippen LogP contribution in [0.2, 0.25) is 0 Å². The second-order valence-electron chi connectivity index (χ2n) is 4.45. The van der Waals surface area contributed by atoms with Crippen molar-refractivity contribution in [3.8, 4) is 17.6 Å². The van der Waals surface area contributed by atoms with Gasteiger partial charge in [0.2, 0.25) is 0 Å². The summed E-state index contributed by atoms with van der Waals surface area (Å²) in [7, 11) is 0. The maximum atomic E-state index is 13.1. The predicted octanol–water partition coefficient (Wildman–Crippen LogP) is 2.98. The zero-order valence-corrected chi connectivity index (χ0v) is 10.9. The van der Waals surface area contributed by atoms with Crippen molar-refractivity contribution in [1.29, 1.82) is 0 Å². The Morgan fingerprint density at radius 3 is 2.83 bits per heavy atom. The van der Waals surface area contributed by atoms with Crippen LogP contribution in [0.5, 0.6) is 5.75 Å². The van der Waals surface area contributed by atoms with Gasteiger partial charge in [0.25, 0.3) is 0 Å². The van der Waals surface area contributed by atoms with Crippen molar-refractivity contribution in [1.82, 2.24) is 0 Å². The van der Waals surface area contributed by atoms with E-state index in [1.54, 1.807) is 6.07 Å². The first-order valence-corrected chi connectivity index (χ1v) is 6.15. The molecule has 0 atom stereocenters. The number of halogens is 1. The van der Waals surface area contributed by atoms with Gasteiger partial charge in [-0.15, -0.1) is 0 Å². The van der Waals surface area contributed by atoms with Crippen LogP contribution in [0.15, 0.2) is 18.2 Å². The summed E-state index contributed by atoms with van der Waals surface area (Å²) in [5.74, 6) is 6.42. The maximum Gasteiger partial charge on any atom is 0.135 e. The molecule has 0 radical (unpaired) electrons. The third-order valence-electron chi connectivity index (χ3n) is 2.35. The third kappa shape index (κ3) is 5.20. The minimum atomic E-state index is -0.334. The summed E-state index contributed by atoms with van der Waals surface area (Å²) in [6, 6.07) is 4.32. The number of benzene rings is 1. The van der Waals surface area contributed by atoms with E-state index < -0.39 is 0 Å². The highest BCUT2D eigenvalue weighted by Gasteiger charge is 2.04. The van der Waals surface area contributed by atoms with Crippen LogP contribution in [-0.2, 0) is 0 Å². The topological polar surface area (TPSA) is 29.5 Å². The summed E-state index contributed by atoms with van der Waals surface area (Å²) in [6.07, 6.45) is 1.32. The Labute approximate surface area is 108 Å². The molecule has 1 aromatic rings. The van der Waals surface area contributed by atoms with Crippen LogP contribution in [0, 0.1) is 23.6 Å². The Morgan fingerprint density at radius 2 is 2.17 bits per heavy atom. The highest BCUT2D eigenvalue weighted by molar-refractivity contribution is 5.46. The molecule has 0 saturated carbocycles. The molecule has 3 heteroatoms. The highest BCUT2D eigenvalue weighted by atomic mass is 19.1. The van der Waals surface area contributed by atoms with Gasteiger partial charge in [0.15, 0.2) is 0 Å². The molecule has 0 amide bonds. The fourth-order valence-corrected chi connectivity index (χ4v) is 1.34. The molecule has 0 saturated heterocycles. The van der Waals surface area contributed by atoms with Crippen LogP contribution in [-0.4, -0.2) is 18.3 Å². The van der Waals surface area contributed by atoms with Crippen LogP contribution in [0.3, 0.4) is 0 Å². The van der Waals surface area contributed by atoms with Crippen LogP contribution in [0.1, 0.15) is 32.3 Å². The van der Waals surface area contributed by atoms with Crippen molar-refractivity contribution in [2.75, 3.05) is 13.2 Å². The first kappa shape index (κ1) is 14.5. The SMILES string of the molecule is CC(C)CCOc1ccc(F)cc1C#CCCO. The number of aliphatic hydroxyl groups is 1. The normalized spacial score (nSPS) is 10.1. The van der Waals surface area contributed by atoms with Crippen molar-refractivity contribution < 1.29 is 14.2 Å². The lowest BCUT2D eigenvalue weighted by molar-refractivity contribution is 0.288. The number of ether oxygens (including phenoxy) is 1. The van der Waals surface area contributed by atoms with Gasteiger partial charge in [0, 0.05) is 6.42 Å². The molecule has 0 unspecified atom stereocenters. The molecule has 0 aliphatic rings.